The number of benzene rings is 4. The summed E-state index contributed by atoms with van der Waals surface area (Å²) in [5, 5.41) is 16.1. The predicted molar refractivity (Wildman–Crippen MR) is 269 cm³/mol. The Balaban J connectivity index is 0.742. The quantitative estimate of drug-likeness (QED) is 0.0900. The van der Waals surface area contributed by atoms with Gasteiger partial charge < -0.3 is 35.4 Å². The van der Waals surface area contributed by atoms with Gasteiger partial charge in [0.2, 0.25) is 17.7 Å². The van der Waals surface area contributed by atoms with Crippen molar-refractivity contribution < 1.29 is 42.5 Å². The first-order valence-corrected chi connectivity index (χ1v) is 25.6. The van der Waals surface area contributed by atoms with Gasteiger partial charge in [0.1, 0.15) is 24.0 Å². The summed E-state index contributed by atoms with van der Waals surface area (Å²) >= 11 is 6.73. The van der Waals surface area contributed by atoms with Gasteiger partial charge in [0, 0.05) is 84.7 Å². The van der Waals surface area contributed by atoms with Crippen molar-refractivity contribution in [3.8, 4) is 22.6 Å². The van der Waals surface area contributed by atoms with Gasteiger partial charge in [-0.2, -0.15) is 0 Å². The summed E-state index contributed by atoms with van der Waals surface area (Å²) in [4.78, 5) is 61.7. The number of likely N-dealkylation sites (tertiary alicyclic amines) is 2. The van der Waals surface area contributed by atoms with E-state index >= 15 is 8.78 Å². The van der Waals surface area contributed by atoms with Gasteiger partial charge in [-0.3, -0.25) is 24.6 Å². The number of hydrogen-bond donors (Lipinski definition) is 4. The molecule has 0 radical (unpaired) electrons. The van der Waals surface area contributed by atoms with Gasteiger partial charge in [-0.25, -0.2) is 18.6 Å². The van der Waals surface area contributed by atoms with Gasteiger partial charge in [-0.15, -0.1) is 0 Å². The van der Waals surface area contributed by atoms with Crippen molar-refractivity contribution in [1.82, 2.24) is 25.4 Å². The van der Waals surface area contributed by atoms with E-state index in [0.29, 0.717) is 36.4 Å². The average Bonchev–Trinajstić information content (AvgIpc) is 3.68. The first kappa shape index (κ1) is 49.4. The van der Waals surface area contributed by atoms with Gasteiger partial charge in [-0.1, -0.05) is 54.9 Å². The van der Waals surface area contributed by atoms with E-state index in [-0.39, 0.29) is 71.6 Å². The van der Waals surface area contributed by atoms with Crippen molar-refractivity contribution in [3.05, 3.63) is 118 Å². The number of halogens is 3. The molecule has 0 bridgehead atoms. The van der Waals surface area contributed by atoms with Gasteiger partial charge in [0.25, 0.3) is 0 Å². The Morgan fingerprint density at radius 3 is 2.38 bits per heavy atom. The zero-order chi connectivity index (χ0) is 50.3. The summed E-state index contributed by atoms with van der Waals surface area (Å²) in [6.45, 7) is 5.46. The van der Waals surface area contributed by atoms with Crippen molar-refractivity contribution in [1.29, 1.82) is 0 Å². The lowest BCUT2D eigenvalue weighted by atomic mass is 9.77. The fourth-order valence-corrected chi connectivity index (χ4v) is 12.2. The van der Waals surface area contributed by atoms with Crippen LogP contribution in [0.4, 0.5) is 19.4 Å². The van der Waals surface area contributed by atoms with Crippen LogP contribution in [0.3, 0.4) is 0 Å². The lowest BCUT2D eigenvalue weighted by Gasteiger charge is -2.43. The van der Waals surface area contributed by atoms with Crippen LogP contribution >= 0.6 is 11.6 Å². The predicted octanol–water partition coefficient (Wildman–Crippen LogP) is 8.16. The Hall–Kier alpha value is -6.20. The monoisotopic (exact) mass is 1000 g/mol. The number of nitrogens with one attached hydrogen (secondary N) is 2. The van der Waals surface area contributed by atoms with Crippen LogP contribution in [0.2, 0.25) is 5.02 Å². The van der Waals surface area contributed by atoms with E-state index in [1.165, 1.54) is 28.7 Å². The lowest BCUT2D eigenvalue weighted by molar-refractivity contribution is -0.138. The van der Waals surface area contributed by atoms with Gasteiger partial charge in [-0.05, 0) is 118 Å². The minimum absolute atomic E-state index is 0.0499. The normalized spacial score (nSPS) is 23.2. The zero-order valence-electron chi connectivity index (χ0n) is 40.3. The molecule has 5 aliphatic rings. The average molecular weight is 1000 g/mol. The Kier molecular flexibility index (Phi) is 14.2. The molecule has 5 amide bonds. The van der Waals surface area contributed by atoms with Crippen LogP contribution in [0.1, 0.15) is 104 Å². The number of piperidine rings is 2. The molecular formula is C55H60ClF2N7O7. The molecule has 1 saturated carbocycles. The summed E-state index contributed by atoms with van der Waals surface area (Å²) in [5.41, 5.74) is 7.43. The maximum atomic E-state index is 16.5. The number of imide groups is 1. The number of primary amides is 1. The standard InChI is InChI=1S/C55H60ClF2N7O7/c1-32-47-44(30-41(57)50(56)49(47)48-40(52(59)68)13-15-43(51(48)58)71-28-27-66)72-55(32,37-5-3-2-4-6-37)31-60-38-11-7-34(8-12-38)53(69)64-24-19-39(20-25-64)63-22-17-33(18-23-63)35-9-14-42-36(29-35)10-16-45(61-42)65-26-21-46(67)62-54(65)70/h2-6,9-10,13-16,29-30,32-34,38-39,60,66H,7-8,11-12,17-28,31H2,1H3,(H2,59,68)(H,62,67,70). The molecule has 4 aliphatic heterocycles. The number of carbonyl (C=O) groups excluding carboxylic acids is 4. The van der Waals surface area contributed by atoms with Crippen LogP contribution in [-0.2, 0) is 15.2 Å². The highest BCUT2D eigenvalue weighted by molar-refractivity contribution is 6.34. The van der Waals surface area contributed by atoms with Crippen LogP contribution < -0.4 is 30.7 Å². The molecule has 72 heavy (non-hydrogen) atoms. The Bertz CT molecular complexity index is 2890. The number of nitrogens with zero attached hydrogens (tertiary/aromatic N) is 4. The van der Waals surface area contributed by atoms with E-state index < -0.39 is 40.1 Å². The molecular weight excluding hydrogens is 944 g/mol. The Morgan fingerprint density at radius 2 is 1.67 bits per heavy atom. The molecule has 17 heteroatoms. The highest BCUT2D eigenvalue weighted by Crippen LogP contribution is 2.56. The fraction of sp³-hybridized carbons (Fsp3) is 0.436. The number of aliphatic hydroxyl groups is 1. The van der Waals surface area contributed by atoms with Crippen molar-refractivity contribution in [2.45, 2.75) is 94.2 Å². The summed E-state index contributed by atoms with van der Waals surface area (Å²) in [7, 11) is 0. The number of amides is 5. The second kappa shape index (κ2) is 20.7. The van der Waals surface area contributed by atoms with Crippen molar-refractivity contribution >= 4 is 52.1 Å². The number of pyridine rings is 1. The number of aliphatic hydroxyl groups excluding tert-OH is 1. The van der Waals surface area contributed by atoms with E-state index in [1.807, 2.05) is 55.5 Å². The maximum absolute atomic E-state index is 16.5. The molecule has 5 N–H and O–H groups in total. The second-order valence-corrected chi connectivity index (χ2v) is 20.3. The smallest absolute Gasteiger partial charge is 0.329 e. The number of ether oxygens (including phenoxy) is 2. The molecule has 2 unspecified atom stereocenters. The summed E-state index contributed by atoms with van der Waals surface area (Å²) in [5.74, 6) is -2.52. The molecule has 3 saturated heterocycles. The number of urea groups is 1. The molecule has 1 aliphatic carbocycles. The molecule has 4 fully saturated rings. The van der Waals surface area contributed by atoms with Crippen LogP contribution in [0, 0.1) is 17.6 Å². The largest absolute Gasteiger partial charge is 0.488 e. The van der Waals surface area contributed by atoms with Crippen LogP contribution in [-0.4, -0.2) is 108 Å². The fourth-order valence-electron chi connectivity index (χ4n) is 12.0. The number of carbonyl (C=O) groups is 4. The molecule has 14 nitrogen and oxygen atoms in total. The molecule has 10 rings (SSSR count). The number of aromatic nitrogens is 1. The number of nitrogens with two attached hydrogens (primary N) is 1. The Labute approximate surface area is 422 Å². The first-order chi connectivity index (χ1) is 34.8. The van der Waals surface area contributed by atoms with E-state index in [2.05, 4.69) is 32.6 Å². The van der Waals surface area contributed by atoms with Crippen LogP contribution in [0.25, 0.3) is 22.0 Å². The van der Waals surface area contributed by atoms with E-state index in [0.717, 1.165) is 94.0 Å². The first-order valence-electron chi connectivity index (χ1n) is 25.2. The molecule has 378 valence electrons. The van der Waals surface area contributed by atoms with Gasteiger partial charge in [0.05, 0.1) is 22.7 Å². The lowest BCUT2D eigenvalue weighted by Crippen LogP contribution is -2.51. The highest BCUT2D eigenvalue weighted by atomic mass is 35.5. The zero-order valence-corrected chi connectivity index (χ0v) is 41.1. The molecule has 2 atom stereocenters. The SMILES string of the molecule is CC1c2c(cc(F)c(Cl)c2-c2c(C(N)=O)ccc(OCCO)c2F)OC1(CNC1CCC(C(=O)N2CCC(N3CCC(c4ccc5nc(N6CCC(=O)NC6=O)ccc5c4)CC3)CC2)CC1)c1ccccc1. The Morgan fingerprint density at radius 1 is 0.917 bits per heavy atom. The third-order valence-electron chi connectivity index (χ3n) is 15.9. The molecule has 5 aromatic rings. The number of hydrogen-bond acceptors (Lipinski definition) is 10. The number of fused-ring (bicyclic) bond motifs is 2. The van der Waals surface area contributed by atoms with Crippen molar-refractivity contribution in [3.63, 3.8) is 0 Å². The molecule has 5 heterocycles. The van der Waals surface area contributed by atoms with Crippen LogP contribution in [0.15, 0.2) is 78.9 Å². The molecule has 4 aromatic carbocycles. The highest BCUT2D eigenvalue weighted by Gasteiger charge is 2.50. The minimum atomic E-state index is -1.10. The van der Waals surface area contributed by atoms with E-state index in [9.17, 15) is 24.3 Å². The molecule has 0 spiro atoms. The summed E-state index contributed by atoms with van der Waals surface area (Å²) in [6, 6.07) is 23.6. The second-order valence-electron chi connectivity index (χ2n) is 19.9. The number of rotatable bonds is 13. The van der Waals surface area contributed by atoms with Crippen LogP contribution in [0.5, 0.6) is 11.5 Å². The minimum Gasteiger partial charge on any atom is -0.488 e. The van der Waals surface area contributed by atoms with Gasteiger partial charge in [0.15, 0.2) is 17.2 Å². The van der Waals surface area contributed by atoms with E-state index in [4.69, 9.17) is 31.8 Å². The summed E-state index contributed by atoms with van der Waals surface area (Å²) < 4.78 is 44.6. The third kappa shape index (κ3) is 9.49. The topological polar surface area (TPSA) is 180 Å². The van der Waals surface area contributed by atoms with Crippen molar-refractivity contribution in [2.24, 2.45) is 11.7 Å². The molecule has 1 aromatic heterocycles. The van der Waals surface area contributed by atoms with E-state index in [1.54, 1.807) is 0 Å². The maximum Gasteiger partial charge on any atom is 0.329 e. The summed E-state index contributed by atoms with van der Waals surface area (Å²) in [6.07, 6.45) is 7.34. The third-order valence-corrected chi connectivity index (χ3v) is 16.3. The number of anilines is 1. The van der Waals surface area contributed by atoms with Crippen molar-refractivity contribution in [2.75, 3.05) is 57.4 Å². The van der Waals surface area contributed by atoms with Gasteiger partial charge >= 0.3 is 6.03 Å².